The number of ether oxygens (including phenoxy) is 1. The zero-order valence-corrected chi connectivity index (χ0v) is 12.2. The number of nitriles is 1. The normalized spacial score (nSPS) is 11.3. The van der Waals surface area contributed by atoms with Crippen molar-refractivity contribution in [2.45, 2.75) is 32.3 Å². The minimum atomic E-state index is -0.596. The molecule has 0 aliphatic heterocycles. The van der Waals surface area contributed by atoms with Crippen LogP contribution in [0.2, 0.25) is 0 Å². The largest absolute Gasteiger partial charge is 0.443 e. The summed E-state index contributed by atoms with van der Waals surface area (Å²) in [6, 6.07) is 3.68. The molecule has 0 aliphatic rings. The molecule has 0 atom stereocenters. The molecule has 2 aromatic heterocycles. The molecule has 0 radical (unpaired) electrons. The van der Waals surface area contributed by atoms with E-state index < -0.39 is 11.7 Å². The third-order valence-electron chi connectivity index (χ3n) is 2.59. The molecule has 20 heavy (non-hydrogen) atoms. The Morgan fingerprint density at radius 2 is 2.25 bits per heavy atom. The van der Waals surface area contributed by atoms with Crippen LogP contribution in [0.4, 0.5) is 4.79 Å². The first kappa shape index (κ1) is 14.4. The zero-order valence-electron chi connectivity index (χ0n) is 11.5. The van der Waals surface area contributed by atoms with Gasteiger partial charge in [-0.2, -0.15) is 5.26 Å². The summed E-state index contributed by atoms with van der Waals surface area (Å²) in [5.41, 5.74) is 0.998. The second-order valence-corrected chi connectivity index (χ2v) is 5.61. The fourth-order valence-electron chi connectivity index (χ4n) is 1.79. The quantitative estimate of drug-likeness (QED) is 0.755. The number of hydrogen-bond donors (Lipinski definition) is 0. The van der Waals surface area contributed by atoms with Crippen LogP contribution in [0.5, 0.6) is 0 Å². The van der Waals surface area contributed by atoms with Gasteiger partial charge in [0.05, 0.1) is 5.56 Å². The van der Waals surface area contributed by atoms with Gasteiger partial charge >= 0.3 is 6.09 Å². The van der Waals surface area contributed by atoms with Crippen LogP contribution in [0.15, 0.2) is 18.5 Å². The molecule has 0 unspecified atom stereocenters. The van der Waals surface area contributed by atoms with Gasteiger partial charge in [-0.25, -0.2) is 14.3 Å². The molecule has 2 heterocycles. The molecule has 104 valence electrons. The molecule has 0 bridgehead atoms. The number of carbonyl (C=O) groups is 1. The molecule has 6 heteroatoms. The van der Waals surface area contributed by atoms with Gasteiger partial charge < -0.3 is 4.74 Å². The monoisotopic (exact) mass is 291 g/mol. The molecule has 5 nitrogen and oxygen atoms in total. The Morgan fingerprint density at radius 3 is 2.80 bits per heavy atom. The second kappa shape index (κ2) is 5.14. The predicted octanol–water partition coefficient (Wildman–Crippen LogP) is 3.43. The first-order valence-corrected chi connectivity index (χ1v) is 6.58. The van der Waals surface area contributed by atoms with E-state index in [1.54, 1.807) is 33.0 Å². The fourth-order valence-corrected chi connectivity index (χ4v) is 2.00. The molecule has 0 aliphatic carbocycles. The average Bonchev–Trinajstić information content (AvgIpc) is 2.74. The maximum atomic E-state index is 12.2. The Hall–Kier alpha value is -2.06. The van der Waals surface area contributed by atoms with E-state index in [9.17, 15) is 4.79 Å². The van der Waals surface area contributed by atoms with Crippen molar-refractivity contribution in [1.29, 1.82) is 5.26 Å². The smallest absolute Gasteiger partial charge is 0.420 e. The van der Waals surface area contributed by atoms with Crippen LogP contribution in [0, 0.1) is 11.3 Å². The van der Waals surface area contributed by atoms with Gasteiger partial charge in [0, 0.05) is 23.7 Å². The van der Waals surface area contributed by atoms with Crippen molar-refractivity contribution in [3.05, 3.63) is 29.6 Å². The van der Waals surface area contributed by atoms with E-state index in [2.05, 4.69) is 4.98 Å². The summed E-state index contributed by atoms with van der Waals surface area (Å²) in [5.74, 6) is 0.225. The molecular weight excluding hydrogens is 278 g/mol. The summed E-state index contributed by atoms with van der Waals surface area (Å²) >= 11 is 5.88. The van der Waals surface area contributed by atoms with Crippen LogP contribution >= 0.6 is 11.6 Å². The molecule has 0 spiro atoms. The van der Waals surface area contributed by atoms with Crippen molar-refractivity contribution in [3.63, 3.8) is 0 Å². The maximum Gasteiger partial charge on any atom is 0.420 e. The highest BCUT2D eigenvalue weighted by Crippen LogP contribution is 2.23. The number of hydrogen-bond acceptors (Lipinski definition) is 4. The molecule has 0 N–H and O–H groups in total. The Balaban J connectivity index is 2.55. The van der Waals surface area contributed by atoms with Gasteiger partial charge in [-0.3, -0.25) is 0 Å². The standard InChI is InChI=1S/C14H14ClN3O2/c1-14(2,3)20-13(19)18-8-10(5-15)11-4-9(6-16)7-17-12(11)18/h4,7-8H,5H2,1-3H3. The van der Waals surface area contributed by atoms with Gasteiger partial charge in [0.15, 0.2) is 0 Å². The summed E-state index contributed by atoms with van der Waals surface area (Å²) in [6.45, 7) is 5.38. The molecule has 2 rings (SSSR count). The Labute approximate surface area is 121 Å². The van der Waals surface area contributed by atoms with Gasteiger partial charge in [0.25, 0.3) is 0 Å². The van der Waals surface area contributed by atoms with Gasteiger partial charge in [-0.15, -0.1) is 11.6 Å². The molecular formula is C14H14ClN3O2. The minimum Gasteiger partial charge on any atom is -0.443 e. The van der Waals surface area contributed by atoms with Crippen molar-refractivity contribution < 1.29 is 9.53 Å². The van der Waals surface area contributed by atoms with Crippen LogP contribution in [0.1, 0.15) is 31.9 Å². The van der Waals surface area contributed by atoms with E-state index >= 15 is 0 Å². The van der Waals surface area contributed by atoms with Crippen LogP contribution in [0.3, 0.4) is 0 Å². The van der Waals surface area contributed by atoms with Crippen molar-refractivity contribution in [2.75, 3.05) is 0 Å². The number of pyridine rings is 1. The van der Waals surface area contributed by atoms with Crippen LogP contribution in [0.25, 0.3) is 11.0 Å². The Kier molecular flexibility index (Phi) is 3.69. The zero-order chi connectivity index (χ0) is 14.9. The molecule has 2 aromatic rings. The lowest BCUT2D eigenvalue weighted by atomic mass is 10.2. The van der Waals surface area contributed by atoms with E-state index in [0.29, 0.717) is 16.6 Å². The molecule has 0 aromatic carbocycles. The van der Waals surface area contributed by atoms with Gasteiger partial charge in [0.1, 0.15) is 17.3 Å². The van der Waals surface area contributed by atoms with Crippen molar-refractivity contribution >= 4 is 28.7 Å². The second-order valence-electron chi connectivity index (χ2n) is 5.35. The van der Waals surface area contributed by atoms with Gasteiger partial charge in [0.2, 0.25) is 0 Å². The summed E-state index contributed by atoms with van der Waals surface area (Å²) in [7, 11) is 0. The number of fused-ring (bicyclic) bond motifs is 1. The Morgan fingerprint density at radius 1 is 1.55 bits per heavy atom. The van der Waals surface area contributed by atoms with E-state index in [0.717, 1.165) is 5.56 Å². The van der Waals surface area contributed by atoms with E-state index in [1.165, 1.54) is 10.8 Å². The topological polar surface area (TPSA) is 67.9 Å². The summed E-state index contributed by atoms with van der Waals surface area (Å²) < 4.78 is 6.64. The Bertz CT molecular complexity index is 708. The summed E-state index contributed by atoms with van der Waals surface area (Å²) in [6.07, 6.45) is 2.50. The van der Waals surface area contributed by atoms with E-state index in [4.69, 9.17) is 21.6 Å². The number of alkyl halides is 1. The molecule has 0 fully saturated rings. The SMILES string of the molecule is CC(C)(C)OC(=O)n1cc(CCl)c2cc(C#N)cnc21. The van der Waals surface area contributed by atoms with Crippen molar-refractivity contribution in [2.24, 2.45) is 0 Å². The third-order valence-corrected chi connectivity index (χ3v) is 2.88. The molecule has 0 saturated heterocycles. The number of carbonyl (C=O) groups excluding carboxylic acids is 1. The van der Waals surface area contributed by atoms with Crippen LogP contribution in [-0.2, 0) is 10.6 Å². The van der Waals surface area contributed by atoms with Crippen LogP contribution < -0.4 is 0 Å². The summed E-state index contributed by atoms with van der Waals surface area (Å²) in [4.78, 5) is 16.3. The maximum absolute atomic E-state index is 12.2. The third kappa shape index (κ3) is 2.75. The lowest BCUT2D eigenvalue weighted by Gasteiger charge is -2.19. The minimum absolute atomic E-state index is 0.225. The average molecular weight is 292 g/mol. The van der Waals surface area contributed by atoms with Gasteiger partial charge in [-0.1, -0.05) is 0 Å². The summed E-state index contributed by atoms with van der Waals surface area (Å²) in [5, 5.41) is 9.59. The van der Waals surface area contributed by atoms with Crippen molar-refractivity contribution in [3.8, 4) is 6.07 Å². The highest BCUT2D eigenvalue weighted by Gasteiger charge is 2.21. The lowest BCUT2D eigenvalue weighted by Crippen LogP contribution is -2.26. The fraction of sp³-hybridized carbons (Fsp3) is 0.357. The molecule has 0 amide bonds. The highest BCUT2D eigenvalue weighted by molar-refractivity contribution is 6.18. The first-order chi connectivity index (χ1) is 9.35. The van der Waals surface area contributed by atoms with Gasteiger partial charge in [-0.05, 0) is 32.4 Å². The molecule has 0 saturated carbocycles. The first-order valence-electron chi connectivity index (χ1n) is 6.05. The van der Waals surface area contributed by atoms with Crippen molar-refractivity contribution in [1.82, 2.24) is 9.55 Å². The van der Waals surface area contributed by atoms with E-state index in [1.807, 2.05) is 6.07 Å². The lowest BCUT2D eigenvalue weighted by molar-refractivity contribution is 0.0543. The number of rotatable bonds is 1. The predicted molar refractivity (Wildman–Crippen MR) is 75.6 cm³/mol. The van der Waals surface area contributed by atoms with Crippen LogP contribution in [-0.4, -0.2) is 21.2 Å². The number of halogens is 1. The number of nitrogens with zero attached hydrogens (tertiary/aromatic N) is 3. The highest BCUT2D eigenvalue weighted by atomic mass is 35.5. The number of aromatic nitrogens is 2. The van der Waals surface area contributed by atoms with E-state index in [-0.39, 0.29) is 5.88 Å².